The number of para-hydroxylation sites is 1. The predicted octanol–water partition coefficient (Wildman–Crippen LogP) is 3.34. The van der Waals surface area contributed by atoms with Crippen molar-refractivity contribution in [2.24, 2.45) is 0 Å². The molecular weight excluding hydrogens is 462 g/mol. The van der Waals surface area contributed by atoms with E-state index in [1.165, 1.54) is 14.2 Å². The maximum atomic E-state index is 13.3. The Bertz CT molecular complexity index is 1340. The third kappa shape index (κ3) is 4.50. The zero-order valence-corrected chi connectivity index (χ0v) is 20.0. The summed E-state index contributed by atoms with van der Waals surface area (Å²) in [6.07, 6.45) is 0. The Balaban J connectivity index is 1.52. The van der Waals surface area contributed by atoms with E-state index in [4.69, 9.17) is 9.47 Å². The van der Waals surface area contributed by atoms with E-state index in [-0.39, 0.29) is 11.5 Å². The molecule has 4 amide bonds. The van der Waals surface area contributed by atoms with Crippen molar-refractivity contribution in [2.75, 3.05) is 26.1 Å². The average molecular weight is 488 g/mol. The minimum absolute atomic E-state index is 0.262. The van der Waals surface area contributed by atoms with E-state index in [2.05, 4.69) is 10.6 Å². The Kier molecular flexibility index (Phi) is 6.73. The first-order valence-corrected chi connectivity index (χ1v) is 11.1. The monoisotopic (exact) mass is 487 g/mol. The summed E-state index contributed by atoms with van der Waals surface area (Å²) in [5.74, 6) is -0.606. The lowest BCUT2D eigenvalue weighted by atomic mass is 9.91. The number of urea groups is 1. The van der Waals surface area contributed by atoms with Gasteiger partial charge in [0, 0.05) is 11.1 Å². The Morgan fingerprint density at radius 2 is 1.58 bits per heavy atom. The van der Waals surface area contributed by atoms with Crippen LogP contribution in [0.2, 0.25) is 0 Å². The molecule has 1 saturated heterocycles. The number of hydrogen-bond acceptors (Lipinski definition) is 6. The lowest BCUT2D eigenvalue weighted by Gasteiger charge is -2.23. The molecule has 3 aromatic rings. The number of carbonyl (C=O) groups excluding carboxylic acids is 4. The molecule has 1 fully saturated rings. The lowest BCUT2D eigenvalue weighted by Crippen LogP contribution is -2.42. The van der Waals surface area contributed by atoms with E-state index >= 15 is 0 Å². The molecule has 9 nitrogen and oxygen atoms in total. The van der Waals surface area contributed by atoms with Gasteiger partial charge in [0.25, 0.3) is 5.91 Å². The highest BCUT2D eigenvalue weighted by atomic mass is 16.5. The van der Waals surface area contributed by atoms with Crippen LogP contribution in [0.4, 0.5) is 10.5 Å². The molecule has 3 aromatic carbocycles. The number of imide groups is 1. The second-order valence-corrected chi connectivity index (χ2v) is 8.31. The van der Waals surface area contributed by atoms with Gasteiger partial charge in [0.2, 0.25) is 5.91 Å². The molecule has 0 spiro atoms. The van der Waals surface area contributed by atoms with Crippen molar-refractivity contribution in [3.05, 3.63) is 89.5 Å². The number of ether oxygens (including phenoxy) is 2. The van der Waals surface area contributed by atoms with Gasteiger partial charge in [-0.05, 0) is 36.8 Å². The van der Waals surface area contributed by atoms with E-state index in [1.54, 1.807) is 79.7 Å². The van der Waals surface area contributed by atoms with Crippen LogP contribution in [0.25, 0.3) is 0 Å². The third-order valence-electron chi connectivity index (χ3n) is 6.02. The van der Waals surface area contributed by atoms with Gasteiger partial charge in [-0.15, -0.1) is 0 Å². The number of methoxy groups -OCH3 is 2. The van der Waals surface area contributed by atoms with Crippen molar-refractivity contribution in [1.29, 1.82) is 0 Å². The summed E-state index contributed by atoms with van der Waals surface area (Å²) in [5, 5.41) is 5.32. The molecule has 0 aliphatic carbocycles. The molecule has 9 heteroatoms. The van der Waals surface area contributed by atoms with Crippen molar-refractivity contribution in [1.82, 2.24) is 10.2 Å². The number of ketones is 1. The van der Waals surface area contributed by atoms with Crippen LogP contribution in [-0.2, 0) is 15.1 Å². The predicted molar refractivity (Wildman–Crippen MR) is 132 cm³/mol. The van der Waals surface area contributed by atoms with Gasteiger partial charge >= 0.3 is 6.03 Å². The first-order chi connectivity index (χ1) is 17.3. The number of carbonyl (C=O) groups is 4. The number of hydrogen-bond donors (Lipinski definition) is 2. The van der Waals surface area contributed by atoms with Crippen molar-refractivity contribution in [3.63, 3.8) is 0 Å². The highest BCUT2D eigenvalue weighted by Crippen LogP contribution is 2.35. The molecule has 1 aliphatic rings. The van der Waals surface area contributed by atoms with E-state index in [0.29, 0.717) is 28.2 Å². The normalized spacial score (nSPS) is 16.9. The Morgan fingerprint density at radius 1 is 0.917 bits per heavy atom. The minimum atomic E-state index is -1.40. The number of nitrogens with one attached hydrogen (secondary N) is 2. The SMILES string of the molecule is COc1ccc([C@]2(C)NC(=O)N(CC(=O)Nc3ccccc3C(=O)c3ccccc3)C2=O)cc1OC. The molecule has 1 heterocycles. The number of amides is 4. The zero-order chi connectivity index (χ0) is 25.9. The van der Waals surface area contributed by atoms with E-state index in [9.17, 15) is 19.2 Å². The van der Waals surface area contributed by atoms with E-state index in [0.717, 1.165) is 4.90 Å². The maximum Gasteiger partial charge on any atom is 0.325 e. The summed E-state index contributed by atoms with van der Waals surface area (Å²) >= 11 is 0. The largest absolute Gasteiger partial charge is 0.493 e. The van der Waals surface area contributed by atoms with Gasteiger partial charge in [0.1, 0.15) is 12.1 Å². The molecule has 4 rings (SSSR count). The summed E-state index contributed by atoms with van der Waals surface area (Å²) in [6, 6.07) is 19.4. The van der Waals surface area contributed by atoms with Crippen LogP contribution in [0.3, 0.4) is 0 Å². The Hall–Kier alpha value is -4.66. The Morgan fingerprint density at radius 3 is 2.28 bits per heavy atom. The fraction of sp³-hybridized carbons (Fsp3) is 0.185. The molecule has 1 aliphatic heterocycles. The van der Waals surface area contributed by atoms with Crippen LogP contribution in [0, 0.1) is 0 Å². The minimum Gasteiger partial charge on any atom is -0.493 e. The van der Waals surface area contributed by atoms with Crippen LogP contribution in [-0.4, -0.2) is 49.3 Å². The van der Waals surface area contributed by atoms with Crippen molar-refractivity contribution in [2.45, 2.75) is 12.5 Å². The first-order valence-electron chi connectivity index (χ1n) is 11.1. The lowest BCUT2D eigenvalue weighted by molar-refractivity contribution is -0.133. The van der Waals surface area contributed by atoms with Gasteiger partial charge in [0.15, 0.2) is 17.3 Å². The molecule has 1 atom stereocenters. The molecule has 0 saturated carbocycles. The number of anilines is 1. The average Bonchev–Trinajstić information content (AvgIpc) is 3.12. The second-order valence-electron chi connectivity index (χ2n) is 8.31. The Labute approximate surface area is 208 Å². The summed E-state index contributed by atoms with van der Waals surface area (Å²) < 4.78 is 10.5. The number of nitrogens with zero attached hydrogens (tertiary/aromatic N) is 1. The number of rotatable bonds is 8. The van der Waals surface area contributed by atoms with E-state index < -0.39 is 29.9 Å². The number of benzene rings is 3. The first kappa shape index (κ1) is 24.5. The van der Waals surface area contributed by atoms with Gasteiger partial charge < -0.3 is 20.1 Å². The second kappa shape index (κ2) is 9.91. The van der Waals surface area contributed by atoms with Gasteiger partial charge in [-0.25, -0.2) is 4.79 Å². The summed E-state index contributed by atoms with van der Waals surface area (Å²) in [6.45, 7) is 1.03. The standard InChI is InChI=1S/C27H25N3O6/c1-27(18-13-14-21(35-2)22(15-18)36-3)25(33)30(26(34)29-27)16-23(31)28-20-12-8-7-11-19(20)24(32)17-9-5-4-6-10-17/h4-15H,16H2,1-3H3,(H,28,31)(H,29,34)/t27-/m0/s1. The van der Waals surface area contributed by atoms with Crippen LogP contribution in [0.5, 0.6) is 11.5 Å². The van der Waals surface area contributed by atoms with Crippen LogP contribution < -0.4 is 20.1 Å². The molecule has 0 bridgehead atoms. The van der Waals surface area contributed by atoms with Gasteiger partial charge in [-0.1, -0.05) is 48.5 Å². The summed E-state index contributed by atoms with van der Waals surface area (Å²) in [7, 11) is 2.96. The molecule has 0 radical (unpaired) electrons. The molecule has 0 aromatic heterocycles. The fourth-order valence-electron chi connectivity index (χ4n) is 4.05. The topological polar surface area (TPSA) is 114 Å². The van der Waals surface area contributed by atoms with Crippen LogP contribution in [0.15, 0.2) is 72.8 Å². The van der Waals surface area contributed by atoms with Crippen molar-refractivity contribution < 1.29 is 28.7 Å². The highest BCUT2D eigenvalue weighted by molar-refractivity contribution is 6.15. The van der Waals surface area contributed by atoms with E-state index in [1.807, 2.05) is 0 Å². The van der Waals surface area contributed by atoms with Crippen LogP contribution >= 0.6 is 0 Å². The van der Waals surface area contributed by atoms with Gasteiger partial charge in [-0.3, -0.25) is 19.3 Å². The maximum absolute atomic E-state index is 13.3. The summed E-state index contributed by atoms with van der Waals surface area (Å²) in [4.78, 5) is 52.6. The highest BCUT2D eigenvalue weighted by Gasteiger charge is 2.49. The molecular formula is C27H25N3O6. The van der Waals surface area contributed by atoms with Crippen LogP contribution in [0.1, 0.15) is 28.4 Å². The molecule has 2 N–H and O–H groups in total. The van der Waals surface area contributed by atoms with Gasteiger partial charge in [-0.2, -0.15) is 0 Å². The summed E-state index contributed by atoms with van der Waals surface area (Å²) in [5.41, 5.74) is 0.118. The van der Waals surface area contributed by atoms with Crippen molar-refractivity contribution in [3.8, 4) is 11.5 Å². The third-order valence-corrected chi connectivity index (χ3v) is 6.02. The molecule has 0 unspecified atom stereocenters. The zero-order valence-electron chi connectivity index (χ0n) is 20.0. The quantitative estimate of drug-likeness (QED) is 0.372. The fourth-order valence-corrected chi connectivity index (χ4v) is 4.05. The molecule has 36 heavy (non-hydrogen) atoms. The van der Waals surface area contributed by atoms with Gasteiger partial charge in [0.05, 0.1) is 19.9 Å². The van der Waals surface area contributed by atoms with Crippen molar-refractivity contribution >= 4 is 29.3 Å². The smallest absolute Gasteiger partial charge is 0.325 e. The molecule has 184 valence electrons.